The monoisotopic (exact) mass is 703 g/mol. The lowest BCUT2D eigenvalue weighted by Gasteiger charge is -2.46. The van der Waals surface area contributed by atoms with E-state index in [0.717, 1.165) is 4.90 Å². The lowest BCUT2D eigenvalue weighted by Crippen LogP contribution is -2.56. The fourth-order valence-corrected chi connectivity index (χ4v) is 8.32. The predicted molar refractivity (Wildman–Crippen MR) is 187 cm³/mol. The van der Waals surface area contributed by atoms with Gasteiger partial charge in [0, 0.05) is 0 Å². The van der Waals surface area contributed by atoms with E-state index in [1.54, 1.807) is 49.1 Å². The van der Waals surface area contributed by atoms with Crippen LogP contribution in [-0.4, -0.2) is 64.2 Å². The van der Waals surface area contributed by atoms with Crippen molar-refractivity contribution in [1.29, 1.82) is 0 Å². The van der Waals surface area contributed by atoms with Gasteiger partial charge in [-0.3, -0.25) is 19.3 Å². The molecule has 52 heavy (non-hydrogen) atoms. The molecule has 3 aliphatic rings. The van der Waals surface area contributed by atoms with Crippen molar-refractivity contribution >= 4 is 35.5 Å². The Balaban J connectivity index is 1.51. The summed E-state index contributed by atoms with van der Waals surface area (Å²) < 4.78 is 11.1. The van der Waals surface area contributed by atoms with Crippen molar-refractivity contribution in [2.45, 2.75) is 49.5 Å². The smallest absolute Gasteiger partial charge is 0.329 e. The van der Waals surface area contributed by atoms with Gasteiger partial charge in [0.2, 0.25) is 5.91 Å². The Morgan fingerprint density at radius 3 is 2.00 bits per heavy atom. The quantitative estimate of drug-likeness (QED) is 0.222. The number of nitrogens with one attached hydrogen (secondary N) is 1. The van der Waals surface area contributed by atoms with Crippen molar-refractivity contribution in [3.63, 3.8) is 0 Å². The lowest BCUT2D eigenvalue weighted by molar-refractivity contribution is -0.179. The average Bonchev–Trinajstić information content (AvgIpc) is 3.61. The normalized spacial score (nSPS) is 25.7. The van der Waals surface area contributed by atoms with Crippen LogP contribution < -0.4 is 10.2 Å². The number of amides is 3. The number of urea groups is 1. The molecule has 2 fully saturated rings. The maximum absolute atomic E-state index is 15.5. The second-order valence-electron chi connectivity index (χ2n) is 13.5. The number of cyclic esters (lactones) is 1. The van der Waals surface area contributed by atoms with Crippen LogP contribution in [0.5, 0.6) is 5.75 Å². The summed E-state index contributed by atoms with van der Waals surface area (Å²) in [5.74, 6) is -6.15. The second-order valence-corrected chi connectivity index (χ2v) is 13.5. The molecule has 12 heteroatoms. The zero-order valence-electron chi connectivity index (χ0n) is 28.6. The van der Waals surface area contributed by atoms with Gasteiger partial charge in [-0.1, -0.05) is 105 Å². The Morgan fingerprint density at radius 2 is 1.40 bits per heavy atom. The molecule has 3 heterocycles. The van der Waals surface area contributed by atoms with Crippen molar-refractivity contribution < 1.29 is 43.7 Å². The number of carboxylic acid groups (broad SMARTS) is 1. The minimum absolute atomic E-state index is 0.0661. The van der Waals surface area contributed by atoms with Crippen LogP contribution >= 0.6 is 0 Å². The summed E-state index contributed by atoms with van der Waals surface area (Å²) in [7, 11) is 1.19. The Kier molecular flexibility index (Phi) is 8.79. The molecule has 3 amide bonds. The SMILES string of the molecule is COC(=O)[C@@H](NC(=O)N1C(=O)[C@@]2(c3ccccc31)[C@H](C(=O)O)[C@H]1C(=O)O[C@H](c3ccccc3)[C@H](c3ccccc3)N1[C@@H]2c1ccc(O)cc1)C(C)C. The number of para-hydroxylation sites is 1. The molecule has 4 aromatic rings. The zero-order valence-corrected chi connectivity index (χ0v) is 28.6. The van der Waals surface area contributed by atoms with Gasteiger partial charge in [-0.2, -0.15) is 0 Å². The third-order valence-corrected chi connectivity index (χ3v) is 10.4. The number of morpholine rings is 1. The molecule has 0 aliphatic carbocycles. The van der Waals surface area contributed by atoms with Crippen molar-refractivity contribution in [3.05, 3.63) is 131 Å². The topological polar surface area (TPSA) is 163 Å². The standard InChI is InChI=1S/C40H37N3O9/c1-22(2)30(36(47)51-3)41-39(50)42-28-17-11-10-16-27(28)40(38(42)49)29(35(45)46)32-37(48)52-33(24-14-8-5-9-15-24)31(23-12-6-4-7-13-23)43(32)34(40)25-18-20-26(44)21-19-25/h4-22,29-34,44H,1-3H3,(H,41,50)(H,45,46)/t29-,30-,31-,32-,33+,34+,40-/m0/s1. The van der Waals surface area contributed by atoms with Crippen molar-refractivity contribution in [2.24, 2.45) is 11.8 Å². The molecular formula is C40H37N3O9. The summed E-state index contributed by atoms with van der Waals surface area (Å²) in [6, 6.07) is 25.1. The van der Waals surface area contributed by atoms with Gasteiger partial charge in [0.05, 0.1) is 24.9 Å². The lowest BCUT2D eigenvalue weighted by atomic mass is 9.65. The zero-order chi connectivity index (χ0) is 36.9. The number of carbonyl (C=O) groups is 5. The molecule has 3 N–H and O–H groups in total. The number of benzene rings is 4. The van der Waals surface area contributed by atoms with E-state index in [4.69, 9.17) is 9.47 Å². The molecule has 0 saturated carbocycles. The van der Waals surface area contributed by atoms with Gasteiger partial charge in [-0.05, 0) is 46.4 Å². The number of aliphatic carboxylic acids is 1. The Morgan fingerprint density at radius 1 is 0.808 bits per heavy atom. The first kappa shape index (κ1) is 34.4. The van der Waals surface area contributed by atoms with Crippen molar-refractivity contribution in [3.8, 4) is 5.75 Å². The van der Waals surface area contributed by atoms with E-state index in [-0.39, 0.29) is 17.0 Å². The Bertz CT molecular complexity index is 2040. The molecule has 0 radical (unpaired) electrons. The number of hydrogen-bond donors (Lipinski definition) is 3. The van der Waals surface area contributed by atoms with E-state index < -0.39 is 77.4 Å². The first-order chi connectivity index (χ1) is 25.0. The van der Waals surface area contributed by atoms with Crippen LogP contribution in [0.2, 0.25) is 0 Å². The summed E-state index contributed by atoms with van der Waals surface area (Å²) in [5.41, 5.74) is 0.0140. The molecule has 0 bridgehead atoms. The van der Waals surface area contributed by atoms with Crippen molar-refractivity contribution in [2.75, 3.05) is 12.0 Å². The molecule has 266 valence electrons. The highest BCUT2D eigenvalue weighted by atomic mass is 16.6. The molecule has 7 atom stereocenters. The fourth-order valence-electron chi connectivity index (χ4n) is 8.32. The van der Waals surface area contributed by atoms with E-state index in [1.165, 1.54) is 25.3 Å². The molecule has 7 rings (SSSR count). The van der Waals surface area contributed by atoms with E-state index >= 15 is 4.79 Å². The molecule has 0 unspecified atom stereocenters. The highest BCUT2D eigenvalue weighted by Gasteiger charge is 2.75. The Labute approximate surface area is 299 Å². The Hall–Kier alpha value is -6.01. The third kappa shape index (κ3) is 5.20. The van der Waals surface area contributed by atoms with Gasteiger partial charge in [-0.25, -0.2) is 14.5 Å². The number of fused-ring (bicyclic) bond motifs is 3. The van der Waals surface area contributed by atoms with Crippen LogP contribution in [0.3, 0.4) is 0 Å². The summed E-state index contributed by atoms with van der Waals surface area (Å²) in [6.45, 7) is 3.41. The van der Waals surface area contributed by atoms with Gasteiger partial charge in [-0.15, -0.1) is 0 Å². The summed E-state index contributed by atoms with van der Waals surface area (Å²) >= 11 is 0. The molecule has 3 aliphatic heterocycles. The molecule has 1 spiro atoms. The van der Waals surface area contributed by atoms with Crippen molar-refractivity contribution in [1.82, 2.24) is 10.2 Å². The number of imide groups is 1. The number of ether oxygens (including phenoxy) is 2. The number of anilines is 1. The molecule has 4 aromatic carbocycles. The predicted octanol–water partition coefficient (Wildman–Crippen LogP) is 5.05. The number of methoxy groups -OCH3 is 1. The minimum atomic E-state index is -2.09. The molecular weight excluding hydrogens is 666 g/mol. The van der Waals surface area contributed by atoms with E-state index in [1.807, 2.05) is 60.7 Å². The number of aromatic hydroxyl groups is 1. The van der Waals surface area contributed by atoms with Gasteiger partial charge in [0.25, 0.3) is 0 Å². The number of esters is 2. The number of carboxylic acids is 1. The minimum Gasteiger partial charge on any atom is -0.508 e. The third-order valence-electron chi connectivity index (χ3n) is 10.4. The summed E-state index contributed by atoms with van der Waals surface area (Å²) in [4.78, 5) is 73.4. The average molecular weight is 704 g/mol. The van der Waals surface area contributed by atoms with Gasteiger partial charge < -0.3 is 25.0 Å². The van der Waals surface area contributed by atoms with Crippen LogP contribution in [0.25, 0.3) is 0 Å². The highest BCUT2D eigenvalue weighted by Crippen LogP contribution is 2.65. The number of rotatable bonds is 7. The molecule has 2 saturated heterocycles. The maximum atomic E-state index is 15.5. The molecule has 0 aromatic heterocycles. The maximum Gasteiger partial charge on any atom is 0.329 e. The van der Waals surface area contributed by atoms with E-state index in [9.17, 15) is 29.4 Å². The number of phenolic OH excluding ortho intramolecular Hbond substituents is 1. The first-order valence-electron chi connectivity index (χ1n) is 16.9. The number of phenols is 1. The van der Waals surface area contributed by atoms with E-state index in [2.05, 4.69) is 5.32 Å². The van der Waals surface area contributed by atoms with E-state index in [0.29, 0.717) is 16.7 Å². The number of nitrogens with zero attached hydrogens (tertiary/aromatic N) is 2. The second kappa shape index (κ2) is 13.3. The molecule has 12 nitrogen and oxygen atoms in total. The van der Waals surface area contributed by atoms with Gasteiger partial charge in [0.1, 0.15) is 35.3 Å². The highest BCUT2D eigenvalue weighted by molar-refractivity contribution is 6.24. The number of carbonyl (C=O) groups excluding carboxylic acids is 4. The van der Waals surface area contributed by atoms with Crippen LogP contribution in [0.15, 0.2) is 109 Å². The largest absolute Gasteiger partial charge is 0.508 e. The van der Waals surface area contributed by atoms with Gasteiger partial charge >= 0.3 is 23.9 Å². The summed E-state index contributed by atoms with van der Waals surface area (Å²) in [5, 5.41) is 24.2. The van der Waals surface area contributed by atoms with Gasteiger partial charge in [0.15, 0.2) is 0 Å². The van der Waals surface area contributed by atoms with Crippen LogP contribution in [0.4, 0.5) is 10.5 Å². The van der Waals surface area contributed by atoms with Crippen LogP contribution in [0, 0.1) is 11.8 Å². The van der Waals surface area contributed by atoms with Crippen LogP contribution in [0.1, 0.15) is 54.3 Å². The van der Waals surface area contributed by atoms with Crippen LogP contribution in [-0.2, 0) is 34.1 Å². The number of hydrogen-bond acceptors (Lipinski definition) is 9. The summed E-state index contributed by atoms with van der Waals surface area (Å²) in [6.07, 6.45) is -0.922. The fraction of sp³-hybridized carbons (Fsp3) is 0.275. The first-order valence-corrected chi connectivity index (χ1v) is 16.9.